The highest BCUT2D eigenvalue weighted by Gasteiger charge is 2.68. The first-order valence-corrected chi connectivity index (χ1v) is 18.2. The van der Waals surface area contributed by atoms with Crippen molar-refractivity contribution in [2.45, 2.75) is 147 Å². The average Bonchev–Trinajstić information content (AvgIpc) is 2.85. The van der Waals surface area contributed by atoms with E-state index in [1.807, 2.05) is 0 Å². The molecule has 0 aromatic heterocycles. The highest BCUT2D eigenvalue weighted by molar-refractivity contribution is 5.17. The van der Waals surface area contributed by atoms with E-state index >= 15 is 0 Å². The quantitative estimate of drug-likeness (QED) is 0.334. The molecule has 0 heterocycles. The van der Waals surface area contributed by atoms with Crippen LogP contribution in [0, 0.1) is 99.1 Å². The van der Waals surface area contributed by atoms with Gasteiger partial charge in [0, 0.05) is 0 Å². The maximum atomic E-state index is 2.83. The molecule has 0 N–H and O–H groups in total. The topological polar surface area (TPSA) is 0 Å². The van der Waals surface area contributed by atoms with Gasteiger partial charge in [-0.25, -0.2) is 0 Å². The van der Waals surface area contributed by atoms with E-state index in [2.05, 4.69) is 83.1 Å². The molecule has 0 aromatic carbocycles. The summed E-state index contributed by atoms with van der Waals surface area (Å²) in [7, 11) is 0. The van der Waals surface area contributed by atoms with E-state index in [4.69, 9.17) is 0 Å². The van der Waals surface area contributed by atoms with Crippen LogP contribution in [0.25, 0.3) is 0 Å². The number of hydrogen-bond donors (Lipinski definition) is 0. The van der Waals surface area contributed by atoms with Gasteiger partial charge in [-0.1, -0.05) is 102 Å². The van der Waals surface area contributed by atoms with Gasteiger partial charge >= 0.3 is 0 Å². The maximum absolute atomic E-state index is 2.83. The van der Waals surface area contributed by atoms with Crippen molar-refractivity contribution in [3.05, 3.63) is 0 Å². The zero-order chi connectivity index (χ0) is 28.7. The molecule has 5 aliphatic carbocycles. The lowest BCUT2D eigenvalue weighted by molar-refractivity contribution is -0.249. The van der Waals surface area contributed by atoms with Crippen LogP contribution in [0.2, 0.25) is 0 Å². The largest absolute Gasteiger partial charge is 0.0651 e. The summed E-state index contributed by atoms with van der Waals surface area (Å²) in [5.74, 6) is 12.9. The number of rotatable bonds is 4. The molecule has 39 heavy (non-hydrogen) atoms. The minimum Gasteiger partial charge on any atom is -0.0651 e. The van der Waals surface area contributed by atoms with Gasteiger partial charge in [0.2, 0.25) is 0 Å². The average molecular weight is 539 g/mol. The Morgan fingerprint density at radius 3 is 2.00 bits per heavy atom. The summed E-state index contributed by atoms with van der Waals surface area (Å²) in [6, 6.07) is 0. The van der Waals surface area contributed by atoms with Gasteiger partial charge in [0.05, 0.1) is 0 Å². The van der Waals surface area contributed by atoms with Gasteiger partial charge in [0.25, 0.3) is 0 Å². The van der Waals surface area contributed by atoms with Gasteiger partial charge in [-0.15, -0.1) is 0 Å². The third kappa shape index (κ3) is 4.47. The normalized spacial score (nSPS) is 57.9. The van der Waals surface area contributed by atoms with Crippen molar-refractivity contribution >= 4 is 0 Å². The fraction of sp³-hybridized carbons (Fsp3) is 1.00. The standard InChI is InChI=1S/C39H70/c1-13-29-16-17-31(19-30(29)14-2)32-18-15-24(5)35-26(7)36-28(9)39(12)27(8)34(23(3)4)25(6)20-38(39,11)22-37(36,10)21-33(32)35/h23-36H,13-22H2,1-12H3. The molecule has 5 saturated carbocycles. The maximum Gasteiger partial charge on any atom is -0.0215 e. The van der Waals surface area contributed by atoms with E-state index in [9.17, 15) is 0 Å². The molecule has 0 amide bonds. The van der Waals surface area contributed by atoms with Gasteiger partial charge in [-0.2, -0.15) is 0 Å². The molecule has 0 heteroatoms. The molecule has 0 radical (unpaired) electrons. The van der Waals surface area contributed by atoms with Crippen molar-refractivity contribution in [2.24, 2.45) is 99.1 Å². The van der Waals surface area contributed by atoms with E-state index in [1.54, 1.807) is 25.7 Å². The molecule has 0 nitrogen and oxygen atoms in total. The Labute approximate surface area is 246 Å². The summed E-state index contributed by atoms with van der Waals surface area (Å²) < 4.78 is 0. The minimum absolute atomic E-state index is 0.462. The molecule has 0 spiro atoms. The van der Waals surface area contributed by atoms with E-state index < -0.39 is 0 Å². The third-order valence-corrected chi connectivity index (χ3v) is 16.5. The van der Waals surface area contributed by atoms with Gasteiger partial charge in [-0.3, -0.25) is 0 Å². The molecule has 16 atom stereocenters. The van der Waals surface area contributed by atoms with E-state index in [-0.39, 0.29) is 0 Å². The SMILES string of the molecule is CCC1CCC(C2CCC(C)C3C(C)C4C(C)C5(C)C(C)C(C(C)C)C(C)CC5(C)CC4(C)CC23)CC1CC. The van der Waals surface area contributed by atoms with Crippen LogP contribution in [0.1, 0.15) is 147 Å². The van der Waals surface area contributed by atoms with Crippen LogP contribution in [-0.4, -0.2) is 0 Å². The lowest BCUT2D eigenvalue weighted by Crippen LogP contribution is -2.67. The van der Waals surface area contributed by atoms with Crippen LogP contribution in [0.15, 0.2) is 0 Å². The Morgan fingerprint density at radius 1 is 0.718 bits per heavy atom. The van der Waals surface area contributed by atoms with Crippen molar-refractivity contribution < 1.29 is 0 Å². The van der Waals surface area contributed by atoms with Crippen LogP contribution < -0.4 is 0 Å². The Kier molecular flexibility index (Phi) is 8.29. The molecule has 16 unspecified atom stereocenters. The molecular formula is C39H70. The van der Waals surface area contributed by atoms with Gasteiger partial charge in [0.1, 0.15) is 0 Å². The lowest BCUT2D eigenvalue weighted by Gasteiger charge is -2.73. The summed E-state index contributed by atoms with van der Waals surface area (Å²) in [4.78, 5) is 0. The summed E-state index contributed by atoms with van der Waals surface area (Å²) in [5.41, 5.74) is 1.47. The van der Waals surface area contributed by atoms with Gasteiger partial charge < -0.3 is 0 Å². The van der Waals surface area contributed by atoms with Crippen molar-refractivity contribution in [1.82, 2.24) is 0 Å². The Hall–Kier alpha value is 0. The van der Waals surface area contributed by atoms with Crippen LogP contribution in [0.3, 0.4) is 0 Å². The second kappa shape index (κ2) is 10.6. The van der Waals surface area contributed by atoms with Crippen molar-refractivity contribution in [1.29, 1.82) is 0 Å². The fourth-order valence-electron chi connectivity index (χ4n) is 15.2. The van der Waals surface area contributed by atoms with Gasteiger partial charge in [0.15, 0.2) is 0 Å². The van der Waals surface area contributed by atoms with E-state index in [0.29, 0.717) is 16.2 Å². The Morgan fingerprint density at radius 2 is 1.38 bits per heavy atom. The van der Waals surface area contributed by atoms with Crippen molar-refractivity contribution in [3.63, 3.8) is 0 Å². The molecule has 226 valence electrons. The summed E-state index contributed by atoms with van der Waals surface area (Å²) in [6.45, 7) is 32.0. The summed E-state index contributed by atoms with van der Waals surface area (Å²) in [5, 5.41) is 0. The molecular weight excluding hydrogens is 468 g/mol. The first-order chi connectivity index (χ1) is 18.2. The van der Waals surface area contributed by atoms with E-state index in [1.165, 1.54) is 38.5 Å². The lowest BCUT2D eigenvalue weighted by atomic mass is 9.31. The predicted molar refractivity (Wildman–Crippen MR) is 170 cm³/mol. The molecule has 0 aromatic rings. The zero-order valence-corrected chi connectivity index (χ0v) is 28.7. The molecule has 0 bridgehead atoms. The first-order valence-electron chi connectivity index (χ1n) is 18.2. The van der Waals surface area contributed by atoms with Crippen LogP contribution in [0.4, 0.5) is 0 Å². The number of fused-ring (bicyclic) bond motifs is 3. The van der Waals surface area contributed by atoms with Gasteiger partial charge in [-0.05, 0) is 144 Å². The zero-order valence-electron chi connectivity index (χ0n) is 28.7. The molecule has 0 aliphatic heterocycles. The van der Waals surface area contributed by atoms with Crippen LogP contribution in [-0.2, 0) is 0 Å². The molecule has 5 fully saturated rings. The third-order valence-electron chi connectivity index (χ3n) is 16.5. The fourth-order valence-corrected chi connectivity index (χ4v) is 15.2. The second-order valence-corrected chi connectivity index (χ2v) is 18.2. The monoisotopic (exact) mass is 539 g/mol. The van der Waals surface area contributed by atoms with Crippen molar-refractivity contribution in [3.8, 4) is 0 Å². The second-order valence-electron chi connectivity index (χ2n) is 18.2. The highest BCUT2D eigenvalue weighted by atomic mass is 14.7. The Bertz CT molecular complexity index is 856. The van der Waals surface area contributed by atoms with Crippen LogP contribution >= 0.6 is 0 Å². The smallest absolute Gasteiger partial charge is 0.0215 e. The summed E-state index contributed by atoms with van der Waals surface area (Å²) >= 11 is 0. The first kappa shape index (κ1) is 30.5. The predicted octanol–water partition coefficient (Wildman–Crippen LogP) is 11.8. The number of hydrogen-bond acceptors (Lipinski definition) is 0. The van der Waals surface area contributed by atoms with E-state index in [0.717, 1.165) is 82.9 Å². The minimum atomic E-state index is 0.462. The molecule has 5 aliphatic rings. The molecule has 5 rings (SSSR count). The van der Waals surface area contributed by atoms with Crippen LogP contribution in [0.5, 0.6) is 0 Å². The highest BCUT2D eigenvalue weighted by Crippen LogP contribution is 2.75. The Balaban J connectivity index is 1.48. The molecule has 0 saturated heterocycles. The summed E-state index contributed by atoms with van der Waals surface area (Å²) in [6.07, 6.45) is 15.0. The van der Waals surface area contributed by atoms with Crippen molar-refractivity contribution in [2.75, 3.05) is 0 Å².